The summed E-state index contributed by atoms with van der Waals surface area (Å²) >= 11 is 0. The highest BCUT2D eigenvalue weighted by molar-refractivity contribution is 14.0. The Morgan fingerprint density at radius 3 is 2.56 bits per heavy atom. The minimum Gasteiger partial charge on any atom is -0.359 e. The first kappa shape index (κ1) is 23.5. The molecule has 2 heterocycles. The Bertz CT molecular complexity index is 690. The van der Waals surface area contributed by atoms with E-state index >= 15 is 0 Å². The van der Waals surface area contributed by atoms with Crippen molar-refractivity contribution < 1.29 is 4.52 Å². The first-order chi connectivity index (χ1) is 12.6. The number of guanidine groups is 1. The summed E-state index contributed by atoms with van der Waals surface area (Å²) < 4.78 is 7.62. The second-order valence-corrected chi connectivity index (χ2v) is 6.90. The van der Waals surface area contributed by atoms with E-state index < -0.39 is 0 Å². The largest absolute Gasteiger partial charge is 0.359 e. The van der Waals surface area contributed by atoms with Crippen LogP contribution in [-0.2, 0) is 19.6 Å². The molecule has 0 aromatic carbocycles. The molecule has 0 bridgehead atoms. The van der Waals surface area contributed by atoms with Gasteiger partial charge in [0.1, 0.15) is 5.82 Å². The van der Waals surface area contributed by atoms with Gasteiger partial charge < -0.3 is 19.7 Å². The van der Waals surface area contributed by atoms with E-state index in [-0.39, 0.29) is 24.0 Å². The Kier molecular flexibility index (Phi) is 10.4. The molecule has 2 aromatic heterocycles. The molecule has 0 aliphatic rings. The summed E-state index contributed by atoms with van der Waals surface area (Å²) in [4.78, 5) is 8.69. The van der Waals surface area contributed by atoms with Gasteiger partial charge in [0.15, 0.2) is 11.7 Å². The molecule has 0 atom stereocenters. The fourth-order valence-corrected chi connectivity index (χ4v) is 2.93. The van der Waals surface area contributed by atoms with Crippen LogP contribution in [0.5, 0.6) is 0 Å². The van der Waals surface area contributed by atoms with Crippen molar-refractivity contribution in [3.63, 3.8) is 0 Å². The SMILES string of the molecule is CCC(CC)c1cc(CNC(=NC)NCc2nccn2CC(C)C)on1.I. The topological polar surface area (TPSA) is 80.3 Å². The molecule has 0 aliphatic heterocycles. The molecule has 0 radical (unpaired) electrons. The Labute approximate surface area is 179 Å². The molecule has 7 nitrogen and oxygen atoms in total. The second-order valence-electron chi connectivity index (χ2n) is 6.90. The van der Waals surface area contributed by atoms with E-state index in [4.69, 9.17) is 4.52 Å². The number of halogens is 1. The Balaban J connectivity index is 0.00000364. The van der Waals surface area contributed by atoms with Crippen molar-refractivity contribution >= 4 is 29.9 Å². The molecule has 2 N–H and O–H groups in total. The van der Waals surface area contributed by atoms with E-state index in [1.807, 2.05) is 18.5 Å². The maximum Gasteiger partial charge on any atom is 0.191 e. The number of imidazole rings is 1. The van der Waals surface area contributed by atoms with Crippen molar-refractivity contribution in [1.82, 2.24) is 25.3 Å². The molecule has 2 aromatic rings. The molecule has 27 heavy (non-hydrogen) atoms. The van der Waals surface area contributed by atoms with Gasteiger partial charge in [-0.05, 0) is 18.8 Å². The van der Waals surface area contributed by atoms with Gasteiger partial charge in [-0.1, -0.05) is 32.9 Å². The van der Waals surface area contributed by atoms with E-state index in [0.717, 1.165) is 36.7 Å². The van der Waals surface area contributed by atoms with Crippen LogP contribution in [0.1, 0.15) is 63.7 Å². The maximum absolute atomic E-state index is 5.45. The quantitative estimate of drug-likeness (QED) is 0.318. The van der Waals surface area contributed by atoms with Gasteiger partial charge in [0.05, 0.1) is 18.8 Å². The van der Waals surface area contributed by atoms with E-state index in [0.29, 0.717) is 30.9 Å². The lowest BCUT2D eigenvalue weighted by atomic mass is 9.99. The number of hydrogen-bond acceptors (Lipinski definition) is 4. The molecule has 0 aliphatic carbocycles. The van der Waals surface area contributed by atoms with Gasteiger partial charge in [0, 0.05) is 38.0 Å². The van der Waals surface area contributed by atoms with Crippen LogP contribution in [0.25, 0.3) is 0 Å². The molecule has 0 unspecified atom stereocenters. The zero-order valence-electron chi connectivity index (χ0n) is 17.0. The third kappa shape index (κ3) is 7.15. The van der Waals surface area contributed by atoms with Gasteiger partial charge in [-0.25, -0.2) is 4.98 Å². The molecule has 2 rings (SSSR count). The second kappa shape index (κ2) is 12.0. The maximum atomic E-state index is 5.45. The van der Waals surface area contributed by atoms with Crippen LogP contribution in [0.4, 0.5) is 0 Å². The van der Waals surface area contributed by atoms with Crippen LogP contribution in [0.15, 0.2) is 28.0 Å². The Morgan fingerprint density at radius 2 is 1.93 bits per heavy atom. The van der Waals surface area contributed by atoms with E-state index in [9.17, 15) is 0 Å². The fourth-order valence-electron chi connectivity index (χ4n) is 2.93. The summed E-state index contributed by atoms with van der Waals surface area (Å²) in [7, 11) is 1.76. The van der Waals surface area contributed by atoms with Crippen LogP contribution < -0.4 is 10.6 Å². The number of aromatic nitrogens is 3. The number of rotatable bonds is 9. The van der Waals surface area contributed by atoms with Gasteiger partial charge in [-0.15, -0.1) is 24.0 Å². The monoisotopic (exact) mass is 488 g/mol. The van der Waals surface area contributed by atoms with Gasteiger partial charge >= 0.3 is 0 Å². The summed E-state index contributed by atoms with van der Waals surface area (Å²) in [6, 6.07) is 2.04. The average molecular weight is 488 g/mol. The average Bonchev–Trinajstić information content (AvgIpc) is 3.26. The van der Waals surface area contributed by atoms with Crippen LogP contribution in [0, 0.1) is 5.92 Å². The molecule has 0 spiro atoms. The highest BCUT2D eigenvalue weighted by atomic mass is 127. The fraction of sp³-hybridized carbons (Fsp3) is 0.632. The van der Waals surface area contributed by atoms with Gasteiger partial charge in [0.25, 0.3) is 0 Å². The van der Waals surface area contributed by atoms with Crippen molar-refractivity contribution in [2.75, 3.05) is 7.05 Å². The van der Waals surface area contributed by atoms with Gasteiger partial charge in [-0.3, -0.25) is 4.99 Å². The summed E-state index contributed by atoms with van der Waals surface area (Å²) in [5.41, 5.74) is 1.03. The molecule has 0 saturated carbocycles. The summed E-state index contributed by atoms with van der Waals surface area (Å²) in [5.74, 6) is 3.57. The molecular weight excluding hydrogens is 455 g/mol. The van der Waals surface area contributed by atoms with Crippen molar-refractivity contribution in [3.05, 3.63) is 35.7 Å². The molecular formula is C19H33IN6O. The van der Waals surface area contributed by atoms with E-state index in [2.05, 4.69) is 58.0 Å². The first-order valence-corrected chi connectivity index (χ1v) is 9.47. The van der Waals surface area contributed by atoms with Crippen LogP contribution >= 0.6 is 24.0 Å². The lowest BCUT2D eigenvalue weighted by Gasteiger charge is -2.13. The lowest BCUT2D eigenvalue weighted by Crippen LogP contribution is -2.37. The third-order valence-electron chi connectivity index (χ3n) is 4.41. The number of nitrogens with zero attached hydrogens (tertiary/aromatic N) is 4. The summed E-state index contributed by atoms with van der Waals surface area (Å²) in [6.45, 7) is 10.9. The van der Waals surface area contributed by atoms with E-state index in [1.165, 1.54) is 0 Å². The smallest absolute Gasteiger partial charge is 0.191 e. The van der Waals surface area contributed by atoms with Crippen molar-refractivity contribution in [3.8, 4) is 0 Å². The number of hydrogen-bond donors (Lipinski definition) is 2. The Morgan fingerprint density at radius 1 is 1.22 bits per heavy atom. The minimum atomic E-state index is 0. The lowest BCUT2D eigenvalue weighted by molar-refractivity contribution is 0.368. The molecule has 0 saturated heterocycles. The van der Waals surface area contributed by atoms with Gasteiger partial charge in [-0.2, -0.15) is 0 Å². The number of nitrogens with one attached hydrogen (secondary N) is 2. The molecule has 0 amide bonds. The summed E-state index contributed by atoms with van der Waals surface area (Å²) in [5, 5.41) is 10.8. The molecule has 0 fully saturated rings. The predicted molar refractivity (Wildman–Crippen MR) is 119 cm³/mol. The first-order valence-electron chi connectivity index (χ1n) is 9.47. The zero-order chi connectivity index (χ0) is 18.9. The minimum absolute atomic E-state index is 0. The normalized spacial score (nSPS) is 11.7. The third-order valence-corrected chi connectivity index (χ3v) is 4.41. The van der Waals surface area contributed by atoms with Crippen LogP contribution in [0.3, 0.4) is 0 Å². The van der Waals surface area contributed by atoms with Crippen LogP contribution in [-0.4, -0.2) is 27.7 Å². The predicted octanol–water partition coefficient (Wildman–Crippen LogP) is 3.91. The Hall–Kier alpha value is -1.58. The van der Waals surface area contributed by atoms with E-state index in [1.54, 1.807) is 7.05 Å². The highest BCUT2D eigenvalue weighted by Crippen LogP contribution is 2.22. The van der Waals surface area contributed by atoms with Crippen molar-refractivity contribution in [2.45, 2.75) is 66.1 Å². The van der Waals surface area contributed by atoms with Crippen molar-refractivity contribution in [2.24, 2.45) is 10.9 Å². The van der Waals surface area contributed by atoms with Gasteiger partial charge in [0.2, 0.25) is 0 Å². The molecule has 8 heteroatoms. The summed E-state index contributed by atoms with van der Waals surface area (Å²) in [6.07, 6.45) is 5.99. The van der Waals surface area contributed by atoms with Crippen LogP contribution in [0.2, 0.25) is 0 Å². The number of aliphatic imine (C=N–C) groups is 1. The standard InChI is InChI=1S/C19H32N6O.HI/c1-6-15(7-2)17-10-16(26-24-17)11-22-19(20-5)23-12-18-21-8-9-25(18)13-14(3)4;/h8-10,14-15H,6-7,11-13H2,1-5H3,(H2,20,22,23);1H. The molecule has 152 valence electrons. The van der Waals surface area contributed by atoms with Crippen molar-refractivity contribution in [1.29, 1.82) is 0 Å². The zero-order valence-corrected chi connectivity index (χ0v) is 19.4. The highest BCUT2D eigenvalue weighted by Gasteiger charge is 2.13.